The van der Waals surface area contributed by atoms with Crippen LogP contribution in [0.5, 0.6) is 0 Å². The fraction of sp³-hybridized carbons (Fsp3) is 0.111. The van der Waals surface area contributed by atoms with Crippen LogP contribution in [0, 0.1) is 0 Å². The van der Waals surface area contributed by atoms with Crippen LogP contribution in [0.2, 0.25) is 0 Å². The molecule has 1 N–H and O–H groups in total. The van der Waals surface area contributed by atoms with E-state index in [9.17, 15) is 8.42 Å². The van der Waals surface area contributed by atoms with Crippen molar-refractivity contribution in [2.45, 2.75) is 11.3 Å². The van der Waals surface area contributed by atoms with Crippen LogP contribution in [0.25, 0.3) is 0 Å². The first-order valence-corrected chi connectivity index (χ1v) is 5.16. The zero-order valence-corrected chi connectivity index (χ0v) is 7.79. The van der Waals surface area contributed by atoms with Gasteiger partial charge in [-0.15, -0.1) is 6.58 Å². The fourth-order valence-corrected chi connectivity index (χ4v) is 1.81. The van der Waals surface area contributed by atoms with E-state index in [-0.39, 0.29) is 53.8 Å². The minimum absolute atomic E-state index is 0. The average Bonchev–Trinajstić information content (AvgIpc) is 2.04. The Kier molecular flexibility index (Phi) is 6.31. The van der Waals surface area contributed by atoms with Crippen LogP contribution >= 0.6 is 0 Å². The summed E-state index contributed by atoms with van der Waals surface area (Å²) in [5, 5.41) is 0. The third-order valence-corrected chi connectivity index (χ3v) is 2.57. The Balaban J connectivity index is 0.00000169. The van der Waals surface area contributed by atoms with Gasteiger partial charge < -0.3 is 0 Å². The summed E-state index contributed by atoms with van der Waals surface area (Å²) in [7, 11) is -4.10. The Morgan fingerprint density at radius 3 is 2.43 bits per heavy atom. The molecule has 1 aromatic rings. The van der Waals surface area contributed by atoms with Crippen molar-refractivity contribution in [3.05, 3.63) is 42.5 Å². The van der Waals surface area contributed by atoms with Gasteiger partial charge in [-0.3, -0.25) is 4.55 Å². The third-order valence-electron chi connectivity index (χ3n) is 1.61. The van der Waals surface area contributed by atoms with Crippen LogP contribution in [-0.2, 0) is 16.5 Å². The number of hydrogen-bond acceptors (Lipinski definition) is 2. The summed E-state index contributed by atoms with van der Waals surface area (Å²) in [6.07, 6.45) is 2.01. The van der Waals surface area contributed by atoms with Crippen molar-refractivity contribution in [3.8, 4) is 0 Å². The molecule has 74 valence electrons. The SMILES string of the molecule is C=CCc1ccccc1S(=O)(=O)O.[BaH2]. The van der Waals surface area contributed by atoms with E-state index in [0.29, 0.717) is 12.0 Å². The maximum atomic E-state index is 10.8. The molecule has 0 aliphatic heterocycles. The summed E-state index contributed by atoms with van der Waals surface area (Å²) in [5.74, 6) is 0. The zero-order chi connectivity index (χ0) is 9.90. The molecule has 0 heterocycles. The molecule has 0 saturated heterocycles. The standard InChI is InChI=1S/C9H10O3S.Ba.2H/c1-2-5-8-6-3-4-7-9(8)13(10,11)12;;;/h2-4,6-7H,1,5H2,(H,10,11,12);;;. The molecule has 0 spiro atoms. The van der Waals surface area contributed by atoms with Crippen molar-refractivity contribution >= 4 is 59.0 Å². The summed E-state index contributed by atoms with van der Waals surface area (Å²) < 4.78 is 30.5. The number of allylic oxidation sites excluding steroid dienone is 1. The summed E-state index contributed by atoms with van der Waals surface area (Å²) >= 11 is 0. The maximum absolute atomic E-state index is 10.8. The van der Waals surface area contributed by atoms with Crippen molar-refractivity contribution in [2.24, 2.45) is 0 Å². The van der Waals surface area contributed by atoms with Gasteiger partial charge in [0.2, 0.25) is 0 Å². The number of rotatable bonds is 3. The molecule has 5 heteroatoms. The van der Waals surface area contributed by atoms with Crippen molar-refractivity contribution in [2.75, 3.05) is 0 Å². The summed E-state index contributed by atoms with van der Waals surface area (Å²) in [5.41, 5.74) is 0.556. The summed E-state index contributed by atoms with van der Waals surface area (Å²) in [6.45, 7) is 3.50. The fourth-order valence-electron chi connectivity index (χ4n) is 1.08. The molecule has 0 fully saturated rings. The van der Waals surface area contributed by atoms with Gasteiger partial charge in [-0.05, 0) is 18.1 Å². The Morgan fingerprint density at radius 1 is 1.36 bits per heavy atom. The van der Waals surface area contributed by atoms with E-state index in [1.165, 1.54) is 6.07 Å². The summed E-state index contributed by atoms with van der Waals surface area (Å²) in [4.78, 5) is -0.0464. The van der Waals surface area contributed by atoms with Crippen LogP contribution in [-0.4, -0.2) is 61.9 Å². The van der Waals surface area contributed by atoms with Gasteiger partial charge in [0, 0.05) is 0 Å². The molecule has 1 aromatic carbocycles. The molecule has 0 bridgehead atoms. The molecule has 0 radical (unpaired) electrons. The van der Waals surface area contributed by atoms with Gasteiger partial charge in [-0.25, -0.2) is 0 Å². The molecule has 14 heavy (non-hydrogen) atoms. The van der Waals surface area contributed by atoms with Crippen LogP contribution in [0.3, 0.4) is 0 Å². The second kappa shape index (κ2) is 6.12. The molecule has 0 unspecified atom stereocenters. The Morgan fingerprint density at radius 2 is 1.93 bits per heavy atom. The normalized spacial score (nSPS) is 10.4. The summed E-state index contributed by atoms with van der Waals surface area (Å²) in [6, 6.07) is 6.29. The topological polar surface area (TPSA) is 54.4 Å². The van der Waals surface area contributed by atoms with Gasteiger partial charge in [-0.2, -0.15) is 8.42 Å². The Hall–Kier alpha value is 0.441. The first-order valence-electron chi connectivity index (χ1n) is 3.72. The van der Waals surface area contributed by atoms with Crippen LogP contribution < -0.4 is 0 Å². The molecule has 0 aromatic heterocycles. The molecular weight excluding hydrogens is 325 g/mol. The number of benzene rings is 1. The molecule has 0 saturated carbocycles. The van der Waals surface area contributed by atoms with Crippen LogP contribution in [0.4, 0.5) is 0 Å². The minimum atomic E-state index is -4.10. The van der Waals surface area contributed by atoms with Crippen molar-refractivity contribution < 1.29 is 13.0 Å². The predicted molar refractivity (Wildman–Crippen MR) is 58.7 cm³/mol. The molecular formula is C9H12BaO3S. The van der Waals surface area contributed by atoms with E-state index in [4.69, 9.17) is 4.55 Å². The zero-order valence-electron chi connectivity index (χ0n) is 6.97. The van der Waals surface area contributed by atoms with E-state index < -0.39 is 10.1 Å². The van der Waals surface area contributed by atoms with Gasteiger partial charge in [0.25, 0.3) is 10.1 Å². The second-order valence-electron chi connectivity index (χ2n) is 2.58. The van der Waals surface area contributed by atoms with Gasteiger partial charge >= 0.3 is 48.9 Å². The van der Waals surface area contributed by atoms with Crippen molar-refractivity contribution in [3.63, 3.8) is 0 Å². The van der Waals surface area contributed by atoms with E-state index in [1.54, 1.807) is 24.3 Å². The predicted octanol–water partition coefficient (Wildman–Crippen LogP) is 0.746. The van der Waals surface area contributed by atoms with Gasteiger partial charge in [0.15, 0.2) is 0 Å². The molecule has 3 nitrogen and oxygen atoms in total. The van der Waals surface area contributed by atoms with Crippen molar-refractivity contribution in [1.82, 2.24) is 0 Å². The number of hydrogen-bond donors (Lipinski definition) is 1. The molecule has 1 rings (SSSR count). The van der Waals surface area contributed by atoms with E-state index in [0.717, 1.165) is 0 Å². The van der Waals surface area contributed by atoms with E-state index in [1.807, 2.05) is 0 Å². The first-order chi connectivity index (χ1) is 6.05. The Bertz CT molecular complexity index is 412. The van der Waals surface area contributed by atoms with Crippen LogP contribution in [0.1, 0.15) is 5.56 Å². The van der Waals surface area contributed by atoms with Gasteiger partial charge in [-0.1, -0.05) is 24.3 Å². The monoisotopic (exact) mass is 338 g/mol. The van der Waals surface area contributed by atoms with Crippen molar-refractivity contribution in [1.29, 1.82) is 0 Å². The average molecular weight is 338 g/mol. The Labute approximate surface area is 124 Å². The van der Waals surface area contributed by atoms with Crippen LogP contribution in [0.15, 0.2) is 41.8 Å². The molecule has 0 atom stereocenters. The third kappa shape index (κ3) is 3.90. The van der Waals surface area contributed by atoms with E-state index in [2.05, 4.69) is 6.58 Å². The van der Waals surface area contributed by atoms with E-state index >= 15 is 0 Å². The molecule has 0 aliphatic rings. The molecule has 0 amide bonds. The molecule has 0 aliphatic carbocycles. The quantitative estimate of drug-likeness (QED) is 0.503. The van der Waals surface area contributed by atoms with Gasteiger partial charge in [0.1, 0.15) is 0 Å². The van der Waals surface area contributed by atoms with Gasteiger partial charge in [0.05, 0.1) is 4.90 Å². The second-order valence-corrected chi connectivity index (χ2v) is 3.97. The first kappa shape index (κ1) is 14.4.